The Kier molecular flexibility index (Phi) is 7.02. The van der Waals surface area contributed by atoms with Crippen molar-refractivity contribution >= 4 is 40.3 Å². The lowest BCUT2D eigenvalue weighted by Crippen LogP contribution is -2.48. The van der Waals surface area contributed by atoms with Crippen LogP contribution in [0.5, 0.6) is 0 Å². The summed E-state index contributed by atoms with van der Waals surface area (Å²) in [6, 6.07) is 11.2. The zero-order valence-electron chi connectivity index (χ0n) is 18.1. The number of hydrogen-bond donors (Lipinski definition) is 3. The normalized spacial score (nSPS) is 11.7. The molecule has 1 atom stereocenters. The number of aryl methyl sites for hydroxylation is 2. The highest BCUT2D eigenvalue weighted by atomic mass is 16.4. The van der Waals surface area contributed by atoms with Crippen molar-refractivity contribution in [2.24, 2.45) is 0 Å². The van der Waals surface area contributed by atoms with Crippen molar-refractivity contribution in [1.82, 2.24) is 15.3 Å². The predicted molar refractivity (Wildman–Crippen MR) is 123 cm³/mol. The fourth-order valence-corrected chi connectivity index (χ4v) is 3.31. The molecule has 0 unspecified atom stereocenters. The molecule has 0 saturated heterocycles. The van der Waals surface area contributed by atoms with Crippen molar-refractivity contribution in [3.05, 3.63) is 71.3 Å². The predicted octanol–water partition coefficient (Wildman–Crippen LogP) is 0.963. The topological polar surface area (TPSA) is 164 Å². The highest BCUT2D eigenvalue weighted by molar-refractivity contribution is 5.97. The Labute approximate surface area is 190 Å². The lowest BCUT2D eigenvalue weighted by Gasteiger charge is -2.20. The molecule has 3 aromatic rings. The monoisotopic (exact) mass is 446 g/mol. The number of aliphatic carboxylic acids is 1. The zero-order valence-corrected chi connectivity index (χ0v) is 18.1. The molecule has 0 saturated carbocycles. The molecule has 3 rings (SSSR count). The smallest absolute Gasteiger partial charge is 0.251 e. The van der Waals surface area contributed by atoms with Crippen LogP contribution in [0.25, 0.3) is 10.9 Å². The summed E-state index contributed by atoms with van der Waals surface area (Å²) < 4.78 is 0. The van der Waals surface area contributed by atoms with E-state index in [1.165, 1.54) is 6.92 Å². The quantitative estimate of drug-likeness (QED) is 0.409. The summed E-state index contributed by atoms with van der Waals surface area (Å²) in [7, 11) is 0. The summed E-state index contributed by atoms with van der Waals surface area (Å²) >= 11 is 0. The third kappa shape index (κ3) is 5.91. The minimum atomic E-state index is -1.48. The second-order valence-electron chi connectivity index (χ2n) is 7.72. The molecule has 170 valence electrons. The van der Waals surface area contributed by atoms with Gasteiger partial charge in [0.05, 0.1) is 17.5 Å². The van der Waals surface area contributed by atoms with Crippen LogP contribution in [0.15, 0.2) is 54.6 Å². The number of nitrogens with one attached hydrogen (secondary N) is 1. The van der Waals surface area contributed by atoms with Gasteiger partial charge in [-0.25, -0.2) is 4.98 Å². The SMILES string of the molecule is C=C(C[C@H](NC(=O)c1ccc(CCc2ccc3nc(N)nc(N)c3c2)cc1)C(=O)[O-])C(C)=O. The maximum Gasteiger partial charge on any atom is 0.251 e. The Hall–Kier alpha value is -4.27. The standard InChI is InChI=1S/C24H25N5O4/c1-13(14(2)30)11-20(23(32)33)27-22(31)17-8-5-15(6-9-17)3-4-16-7-10-19-18(12-16)21(25)29-24(26)28-19/h5-10,12,20H,1,3-4,11H2,2H3,(H,27,31)(H,32,33)(H4,25,26,28,29)/p-1/t20-/m0/s1. The number of aromatic nitrogens is 2. The maximum atomic E-state index is 12.4. The lowest BCUT2D eigenvalue weighted by molar-refractivity contribution is -0.308. The summed E-state index contributed by atoms with van der Waals surface area (Å²) in [5.41, 5.74) is 14.7. The molecule has 0 aliphatic heterocycles. The summed E-state index contributed by atoms with van der Waals surface area (Å²) in [5, 5.41) is 14.4. The molecule has 33 heavy (non-hydrogen) atoms. The molecular formula is C24H24N5O4-. The van der Waals surface area contributed by atoms with Gasteiger partial charge in [-0.3, -0.25) is 9.59 Å². The number of amides is 1. The van der Waals surface area contributed by atoms with Crippen LogP contribution in [-0.4, -0.2) is 33.7 Å². The number of Topliss-reactive ketones (excluding diaryl/α,β-unsaturated/α-hetero) is 1. The van der Waals surface area contributed by atoms with E-state index in [2.05, 4.69) is 21.9 Å². The number of ketones is 1. The van der Waals surface area contributed by atoms with Crippen LogP contribution < -0.4 is 21.9 Å². The number of benzene rings is 2. The van der Waals surface area contributed by atoms with Gasteiger partial charge in [-0.2, -0.15) is 4.98 Å². The van der Waals surface area contributed by atoms with Gasteiger partial charge in [0.1, 0.15) is 5.82 Å². The number of carbonyl (C=O) groups excluding carboxylic acids is 3. The van der Waals surface area contributed by atoms with Crippen LogP contribution >= 0.6 is 0 Å². The number of nitrogens with two attached hydrogens (primary N) is 2. The molecule has 1 heterocycles. The van der Waals surface area contributed by atoms with Gasteiger partial charge in [-0.1, -0.05) is 24.8 Å². The molecule has 9 nitrogen and oxygen atoms in total. The second kappa shape index (κ2) is 9.90. The van der Waals surface area contributed by atoms with Crippen molar-refractivity contribution < 1.29 is 19.5 Å². The third-order valence-corrected chi connectivity index (χ3v) is 5.26. The van der Waals surface area contributed by atoms with Gasteiger partial charge in [-0.05, 0) is 60.7 Å². The number of anilines is 2. The number of nitrogen functional groups attached to an aromatic ring is 2. The van der Waals surface area contributed by atoms with Gasteiger partial charge < -0.3 is 26.7 Å². The average molecular weight is 446 g/mol. The molecule has 0 spiro atoms. The van der Waals surface area contributed by atoms with Crippen LogP contribution in [-0.2, 0) is 22.4 Å². The first kappa shape index (κ1) is 23.4. The Morgan fingerprint density at radius 2 is 1.67 bits per heavy atom. The molecule has 0 fully saturated rings. The minimum Gasteiger partial charge on any atom is -0.548 e. The Morgan fingerprint density at radius 3 is 2.30 bits per heavy atom. The molecule has 2 aromatic carbocycles. The van der Waals surface area contributed by atoms with Gasteiger partial charge in [0.2, 0.25) is 5.95 Å². The maximum absolute atomic E-state index is 12.4. The van der Waals surface area contributed by atoms with Gasteiger partial charge in [0, 0.05) is 17.4 Å². The molecule has 1 aromatic heterocycles. The number of carboxylic acids is 1. The highest BCUT2D eigenvalue weighted by Gasteiger charge is 2.17. The first-order valence-corrected chi connectivity index (χ1v) is 10.2. The number of hydrogen-bond acceptors (Lipinski definition) is 8. The largest absolute Gasteiger partial charge is 0.548 e. The van der Waals surface area contributed by atoms with Gasteiger partial charge in [-0.15, -0.1) is 0 Å². The molecule has 5 N–H and O–H groups in total. The summed E-state index contributed by atoms with van der Waals surface area (Å²) in [6.07, 6.45) is 1.23. The number of rotatable bonds is 9. The Morgan fingerprint density at radius 1 is 1.03 bits per heavy atom. The van der Waals surface area contributed by atoms with E-state index in [0.717, 1.165) is 22.9 Å². The van der Waals surface area contributed by atoms with Crippen LogP contribution in [0.2, 0.25) is 0 Å². The third-order valence-electron chi connectivity index (χ3n) is 5.26. The van der Waals surface area contributed by atoms with Crippen molar-refractivity contribution in [3.8, 4) is 0 Å². The minimum absolute atomic E-state index is 0.102. The van der Waals surface area contributed by atoms with E-state index in [1.54, 1.807) is 24.3 Å². The lowest BCUT2D eigenvalue weighted by atomic mass is 10.0. The average Bonchev–Trinajstić information content (AvgIpc) is 2.77. The highest BCUT2D eigenvalue weighted by Crippen LogP contribution is 2.21. The number of carbonyl (C=O) groups is 3. The van der Waals surface area contributed by atoms with Crippen LogP contribution in [0.1, 0.15) is 34.8 Å². The van der Waals surface area contributed by atoms with Crippen LogP contribution in [0.3, 0.4) is 0 Å². The molecular weight excluding hydrogens is 422 g/mol. The summed E-state index contributed by atoms with van der Waals surface area (Å²) in [6.45, 7) is 4.81. The fourth-order valence-electron chi connectivity index (χ4n) is 3.31. The van der Waals surface area contributed by atoms with Gasteiger partial charge >= 0.3 is 0 Å². The Balaban J connectivity index is 1.63. The molecule has 0 bridgehead atoms. The van der Waals surface area contributed by atoms with E-state index < -0.39 is 17.9 Å². The zero-order chi connectivity index (χ0) is 24.1. The number of carboxylic acid groups (broad SMARTS) is 1. The van der Waals surface area contributed by atoms with E-state index in [0.29, 0.717) is 23.3 Å². The molecule has 0 aliphatic rings. The molecule has 9 heteroatoms. The van der Waals surface area contributed by atoms with Crippen LogP contribution in [0.4, 0.5) is 11.8 Å². The van der Waals surface area contributed by atoms with Crippen molar-refractivity contribution in [2.75, 3.05) is 11.5 Å². The van der Waals surface area contributed by atoms with E-state index in [9.17, 15) is 19.5 Å². The van der Waals surface area contributed by atoms with E-state index >= 15 is 0 Å². The van der Waals surface area contributed by atoms with Crippen molar-refractivity contribution in [1.29, 1.82) is 0 Å². The first-order chi connectivity index (χ1) is 15.6. The summed E-state index contributed by atoms with van der Waals surface area (Å²) in [4.78, 5) is 43.2. The molecule has 0 aliphatic carbocycles. The number of fused-ring (bicyclic) bond motifs is 1. The second-order valence-corrected chi connectivity index (χ2v) is 7.72. The molecule has 1 amide bonds. The fraction of sp³-hybridized carbons (Fsp3) is 0.208. The summed E-state index contributed by atoms with van der Waals surface area (Å²) in [5.74, 6) is -1.93. The van der Waals surface area contributed by atoms with Gasteiger partial charge in [0.15, 0.2) is 5.78 Å². The van der Waals surface area contributed by atoms with E-state index in [4.69, 9.17) is 11.5 Å². The number of nitrogens with zero attached hydrogens (tertiary/aromatic N) is 2. The van der Waals surface area contributed by atoms with E-state index in [1.807, 2.05) is 18.2 Å². The van der Waals surface area contributed by atoms with E-state index in [-0.39, 0.29) is 23.7 Å². The van der Waals surface area contributed by atoms with Gasteiger partial charge in [0.25, 0.3) is 5.91 Å². The molecule has 0 radical (unpaired) electrons. The van der Waals surface area contributed by atoms with Crippen LogP contribution in [0, 0.1) is 0 Å². The first-order valence-electron chi connectivity index (χ1n) is 10.2. The van der Waals surface area contributed by atoms with Crippen molar-refractivity contribution in [2.45, 2.75) is 32.2 Å². The van der Waals surface area contributed by atoms with Crippen molar-refractivity contribution in [3.63, 3.8) is 0 Å². The Bertz CT molecular complexity index is 1240.